The lowest BCUT2D eigenvalue weighted by Gasteiger charge is -2.19. The average Bonchev–Trinajstić information content (AvgIpc) is 3.04. The van der Waals surface area contributed by atoms with Gasteiger partial charge in [0.1, 0.15) is 10.7 Å². The molecule has 98 valence electrons. The van der Waals surface area contributed by atoms with Crippen LogP contribution in [0.25, 0.3) is 0 Å². The van der Waals surface area contributed by atoms with Crippen LogP contribution in [0.2, 0.25) is 0 Å². The third-order valence-electron chi connectivity index (χ3n) is 3.57. The molecule has 3 heterocycles. The van der Waals surface area contributed by atoms with Crippen molar-refractivity contribution in [2.45, 2.75) is 50.5 Å². The van der Waals surface area contributed by atoms with Gasteiger partial charge in [-0.2, -0.15) is 0 Å². The molecule has 2 bridgehead atoms. The third kappa shape index (κ3) is 2.15. The standard InChI is InChI=1S/C12H17N3O2S/c1-6(13)12-15-9(5-18-12)11(16)14-8-4-7-2-3-10(8)17-7/h5-8,10H,2-4,13H2,1H3,(H,14,16). The number of thiazole rings is 1. The van der Waals surface area contributed by atoms with Gasteiger partial charge in [-0.15, -0.1) is 11.3 Å². The highest BCUT2D eigenvalue weighted by Crippen LogP contribution is 2.34. The van der Waals surface area contributed by atoms with Gasteiger partial charge in [-0.05, 0) is 26.2 Å². The summed E-state index contributed by atoms with van der Waals surface area (Å²) in [6, 6.07) is 0.0269. The van der Waals surface area contributed by atoms with Gasteiger partial charge in [0.25, 0.3) is 5.91 Å². The Balaban J connectivity index is 1.64. The minimum atomic E-state index is -0.123. The van der Waals surface area contributed by atoms with Gasteiger partial charge in [-0.3, -0.25) is 4.79 Å². The van der Waals surface area contributed by atoms with Crippen LogP contribution in [0.3, 0.4) is 0 Å². The zero-order chi connectivity index (χ0) is 12.7. The SMILES string of the molecule is CC(N)c1nc(C(=O)NC2CC3CCC2O3)cs1. The van der Waals surface area contributed by atoms with E-state index in [1.165, 1.54) is 11.3 Å². The molecule has 2 saturated heterocycles. The van der Waals surface area contributed by atoms with Gasteiger partial charge < -0.3 is 15.8 Å². The summed E-state index contributed by atoms with van der Waals surface area (Å²) in [4.78, 5) is 16.3. The second-order valence-electron chi connectivity index (χ2n) is 5.05. The molecule has 2 aliphatic rings. The van der Waals surface area contributed by atoms with Crippen molar-refractivity contribution in [3.63, 3.8) is 0 Å². The minimum absolute atomic E-state index is 0.112. The number of carbonyl (C=O) groups excluding carboxylic acids is 1. The molecule has 3 N–H and O–H groups in total. The van der Waals surface area contributed by atoms with Crippen molar-refractivity contribution in [1.29, 1.82) is 0 Å². The summed E-state index contributed by atoms with van der Waals surface area (Å²) in [5, 5.41) is 5.58. The number of nitrogens with one attached hydrogen (secondary N) is 1. The van der Waals surface area contributed by atoms with E-state index in [0.29, 0.717) is 11.8 Å². The summed E-state index contributed by atoms with van der Waals surface area (Å²) in [5.74, 6) is -0.112. The molecule has 0 aromatic carbocycles. The van der Waals surface area contributed by atoms with Crippen molar-refractivity contribution in [3.05, 3.63) is 16.1 Å². The average molecular weight is 267 g/mol. The maximum absolute atomic E-state index is 12.0. The van der Waals surface area contributed by atoms with Crippen LogP contribution < -0.4 is 11.1 Å². The fourth-order valence-corrected chi connectivity index (χ4v) is 3.39. The molecule has 1 aromatic heterocycles. The smallest absolute Gasteiger partial charge is 0.271 e. The van der Waals surface area contributed by atoms with Crippen LogP contribution in [-0.4, -0.2) is 29.1 Å². The van der Waals surface area contributed by atoms with Gasteiger partial charge in [0.15, 0.2) is 0 Å². The van der Waals surface area contributed by atoms with Crippen LogP contribution in [0.5, 0.6) is 0 Å². The van der Waals surface area contributed by atoms with Gasteiger partial charge in [0, 0.05) is 5.38 Å². The van der Waals surface area contributed by atoms with Crippen molar-refractivity contribution < 1.29 is 9.53 Å². The van der Waals surface area contributed by atoms with Crippen molar-refractivity contribution in [1.82, 2.24) is 10.3 Å². The first kappa shape index (κ1) is 12.1. The Labute approximate surface area is 110 Å². The molecule has 3 rings (SSSR count). The molecule has 4 atom stereocenters. The first-order valence-electron chi connectivity index (χ1n) is 6.31. The highest BCUT2D eigenvalue weighted by atomic mass is 32.1. The van der Waals surface area contributed by atoms with Crippen molar-refractivity contribution >= 4 is 17.2 Å². The van der Waals surface area contributed by atoms with Crippen molar-refractivity contribution in [2.75, 3.05) is 0 Å². The molecule has 2 fully saturated rings. The normalized spacial score (nSPS) is 31.6. The molecule has 0 spiro atoms. The summed E-state index contributed by atoms with van der Waals surface area (Å²) in [7, 11) is 0. The number of hydrogen-bond acceptors (Lipinski definition) is 5. The quantitative estimate of drug-likeness (QED) is 0.863. The minimum Gasteiger partial charge on any atom is -0.373 e. The number of ether oxygens (including phenoxy) is 1. The molecule has 4 unspecified atom stereocenters. The molecule has 1 aromatic rings. The number of fused-ring (bicyclic) bond motifs is 2. The topological polar surface area (TPSA) is 77.2 Å². The van der Waals surface area contributed by atoms with E-state index in [9.17, 15) is 4.79 Å². The van der Waals surface area contributed by atoms with Gasteiger partial charge >= 0.3 is 0 Å². The summed E-state index contributed by atoms with van der Waals surface area (Å²) in [6.45, 7) is 1.87. The predicted molar refractivity (Wildman–Crippen MR) is 68.5 cm³/mol. The Hall–Kier alpha value is -0.980. The number of amides is 1. The molecular weight excluding hydrogens is 250 g/mol. The first-order valence-corrected chi connectivity index (χ1v) is 7.19. The summed E-state index contributed by atoms with van der Waals surface area (Å²) in [5.41, 5.74) is 6.20. The van der Waals surface area contributed by atoms with E-state index in [4.69, 9.17) is 10.5 Å². The molecule has 2 aliphatic heterocycles. The third-order valence-corrected chi connectivity index (χ3v) is 4.61. The maximum atomic E-state index is 12.0. The van der Waals surface area contributed by atoms with Crippen LogP contribution >= 0.6 is 11.3 Å². The molecule has 1 amide bonds. The van der Waals surface area contributed by atoms with Crippen LogP contribution in [0.4, 0.5) is 0 Å². The number of nitrogens with two attached hydrogens (primary N) is 1. The van der Waals surface area contributed by atoms with Crippen LogP contribution in [0.15, 0.2) is 5.38 Å². The van der Waals surface area contributed by atoms with E-state index in [0.717, 1.165) is 24.3 Å². The Bertz CT molecular complexity index is 460. The zero-order valence-electron chi connectivity index (χ0n) is 10.3. The first-order chi connectivity index (χ1) is 8.63. The van der Waals surface area contributed by atoms with E-state index < -0.39 is 0 Å². The van der Waals surface area contributed by atoms with Gasteiger partial charge in [0.2, 0.25) is 0 Å². The fourth-order valence-electron chi connectivity index (χ4n) is 2.63. The summed E-state index contributed by atoms with van der Waals surface area (Å²) in [6.07, 6.45) is 3.65. The number of hydrogen-bond donors (Lipinski definition) is 2. The van der Waals surface area contributed by atoms with Crippen LogP contribution in [0, 0.1) is 0 Å². The molecule has 18 heavy (non-hydrogen) atoms. The molecule has 0 radical (unpaired) electrons. The zero-order valence-corrected chi connectivity index (χ0v) is 11.1. The predicted octanol–water partition coefficient (Wildman–Crippen LogP) is 1.21. The number of aromatic nitrogens is 1. The second kappa shape index (κ2) is 4.60. The van der Waals surface area contributed by atoms with E-state index in [2.05, 4.69) is 10.3 Å². The molecule has 6 heteroatoms. The Morgan fingerprint density at radius 3 is 3.06 bits per heavy atom. The number of carbonyl (C=O) groups is 1. The lowest BCUT2D eigenvalue weighted by atomic mass is 9.95. The molecular formula is C12H17N3O2S. The second-order valence-corrected chi connectivity index (χ2v) is 5.94. The van der Waals surface area contributed by atoms with Gasteiger partial charge in [-0.25, -0.2) is 4.98 Å². The summed E-state index contributed by atoms with van der Waals surface area (Å²) < 4.78 is 5.71. The van der Waals surface area contributed by atoms with E-state index in [1.807, 2.05) is 6.92 Å². The van der Waals surface area contributed by atoms with Crippen molar-refractivity contribution in [3.8, 4) is 0 Å². The van der Waals surface area contributed by atoms with E-state index in [1.54, 1.807) is 5.38 Å². The lowest BCUT2D eigenvalue weighted by Crippen LogP contribution is -2.41. The fraction of sp³-hybridized carbons (Fsp3) is 0.667. The molecule has 0 saturated carbocycles. The molecule has 5 nitrogen and oxygen atoms in total. The highest BCUT2D eigenvalue weighted by molar-refractivity contribution is 7.09. The lowest BCUT2D eigenvalue weighted by molar-refractivity contribution is 0.0838. The Kier molecular flexibility index (Phi) is 3.09. The monoisotopic (exact) mass is 267 g/mol. The summed E-state index contributed by atoms with van der Waals surface area (Å²) >= 11 is 1.43. The number of rotatable bonds is 3. The number of nitrogens with zero attached hydrogens (tertiary/aromatic N) is 1. The van der Waals surface area contributed by atoms with Crippen LogP contribution in [-0.2, 0) is 4.74 Å². The van der Waals surface area contributed by atoms with E-state index >= 15 is 0 Å². The van der Waals surface area contributed by atoms with Gasteiger partial charge in [0.05, 0.1) is 24.3 Å². The largest absolute Gasteiger partial charge is 0.373 e. The Morgan fingerprint density at radius 2 is 2.50 bits per heavy atom. The van der Waals surface area contributed by atoms with Crippen LogP contribution in [0.1, 0.15) is 47.7 Å². The highest BCUT2D eigenvalue weighted by Gasteiger charge is 2.41. The van der Waals surface area contributed by atoms with Gasteiger partial charge in [-0.1, -0.05) is 0 Å². The maximum Gasteiger partial charge on any atom is 0.271 e. The Morgan fingerprint density at radius 1 is 1.67 bits per heavy atom. The molecule has 0 aliphatic carbocycles. The van der Waals surface area contributed by atoms with Crippen molar-refractivity contribution in [2.24, 2.45) is 5.73 Å². The van der Waals surface area contributed by atoms with E-state index in [-0.39, 0.29) is 24.1 Å².